The Hall–Kier alpha value is -3.80. The smallest absolute Gasteiger partial charge is 0.406 e. The molecule has 8 nitrogen and oxygen atoms in total. The Labute approximate surface area is 218 Å². The molecule has 1 saturated heterocycles. The fraction of sp³-hybridized carbons (Fsp3) is 0.308. The van der Waals surface area contributed by atoms with Crippen LogP contribution in [0.25, 0.3) is 11.3 Å². The maximum Gasteiger partial charge on any atom is 0.573 e. The second-order valence-corrected chi connectivity index (χ2v) is 11.5. The van der Waals surface area contributed by atoms with Gasteiger partial charge in [-0.3, -0.25) is 4.79 Å². The van der Waals surface area contributed by atoms with Gasteiger partial charge in [-0.15, -0.1) is 13.2 Å². The molecule has 1 aromatic heterocycles. The van der Waals surface area contributed by atoms with Crippen molar-refractivity contribution in [3.63, 3.8) is 0 Å². The van der Waals surface area contributed by atoms with E-state index in [0.717, 1.165) is 6.42 Å². The van der Waals surface area contributed by atoms with Crippen molar-refractivity contribution in [2.24, 2.45) is 5.92 Å². The number of carbonyl (C=O) groups excluding carboxylic acids is 1. The monoisotopic (exact) mass is 548 g/mol. The van der Waals surface area contributed by atoms with E-state index in [9.17, 15) is 26.4 Å². The molecule has 0 spiro atoms. The van der Waals surface area contributed by atoms with Crippen LogP contribution in [0.3, 0.4) is 0 Å². The summed E-state index contributed by atoms with van der Waals surface area (Å²) in [6.45, 7) is 6.54. The lowest BCUT2D eigenvalue weighted by Gasteiger charge is -2.34. The highest BCUT2D eigenvalue weighted by atomic mass is 32.2. The van der Waals surface area contributed by atoms with E-state index in [1.807, 2.05) is 25.7 Å². The molecule has 12 heteroatoms. The molecule has 3 N–H and O–H groups in total. The van der Waals surface area contributed by atoms with Crippen LogP contribution in [0.5, 0.6) is 5.75 Å². The highest BCUT2D eigenvalue weighted by Crippen LogP contribution is 2.38. The van der Waals surface area contributed by atoms with Crippen molar-refractivity contribution in [2.45, 2.75) is 44.0 Å². The standard InChI is InChI=1S/C26H27F3N4O4S/c1-16-14-25(2,3)33(15-16)23-19(24(34)32-38(35,36)22-10-5-4-9-20(22)30)11-12-21(31-23)17-7-6-8-18(13-17)37-26(27,28)29/h4-13,16H,14-15,30H2,1-3H3,(H,32,34)/t16-/m0/s1. The Morgan fingerprint density at radius 2 is 1.84 bits per heavy atom. The van der Waals surface area contributed by atoms with Gasteiger partial charge in [-0.1, -0.05) is 31.2 Å². The number of carbonyl (C=O) groups is 1. The molecule has 1 amide bonds. The second kappa shape index (κ2) is 9.82. The summed E-state index contributed by atoms with van der Waals surface area (Å²) in [4.78, 5) is 19.6. The van der Waals surface area contributed by atoms with Crippen molar-refractivity contribution in [1.82, 2.24) is 9.71 Å². The molecule has 2 heterocycles. The second-order valence-electron chi connectivity index (χ2n) is 9.85. The number of sulfonamides is 1. The molecule has 38 heavy (non-hydrogen) atoms. The first-order valence-corrected chi connectivity index (χ1v) is 13.2. The van der Waals surface area contributed by atoms with Crippen molar-refractivity contribution in [3.05, 3.63) is 66.2 Å². The third-order valence-electron chi connectivity index (χ3n) is 6.25. The molecule has 1 aliphatic rings. The van der Waals surface area contributed by atoms with Gasteiger partial charge in [0.15, 0.2) is 0 Å². The number of alkyl halides is 3. The number of nitrogens with one attached hydrogen (secondary N) is 1. The van der Waals surface area contributed by atoms with Gasteiger partial charge in [0.2, 0.25) is 0 Å². The maximum absolute atomic E-state index is 13.3. The minimum Gasteiger partial charge on any atom is -0.406 e. The number of nitrogens with zero attached hydrogens (tertiary/aromatic N) is 2. The summed E-state index contributed by atoms with van der Waals surface area (Å²) in [5, 5.41) is 0. The van der Waals surface area contributed by atoms with E-state index in [1.165, 1.54) is 48.5 Å². The van der Waals surface area contributed by atoms with Gasteiger partial charge in [0, 0.05) is 17.6 Å². The van der Waals surface area contributed by atoms with Crippen LogP contribution in [0.4, 0.5) is 24.7 Å². The number of amides is 1. The zero-order chi connectivity index (χ0) is 27.9. The molecule has 1 atom stereocenters. The number of para-hydroxylation sites is 1. The number of nitrogens with two attached hydrogens (primary N) is 1. The normalized spacial score (nSPS) is 17.3. The number of anilines is 2. The lowest BCUT2D eigenvalue weighted by atomic mass is 9.97. The first kappa shape index (κ1) is 27.2. The molecule has 0 bridgehead atoms. The Balaban J connectivity index is 1.77. The third-order valence-corrected chi connectivity index (χ3v) is 7.65. The quantitative estimate of drug-likeness (QED) is 0.418. The van der Waals surface area contributed by atoms with Crippen LogP contribution in [-0.4, -0.2) is 37.8 Å². The largest absolute Gasteiger partial charge is 0.573 e. The molecule has 4 rings (SSSR count). The van der Waals surface area contributed by atoms with Gasteiger partial charge in [-0.2, -0.15) is 0 Å². The van der Waals surface area contributed by atoms with Crippen molar-refractivity contribution < 1.29 is 31.1 Å². The van der Waals surface area contributed by atoms with Gasteiger partial charge in [0.1, 0.15) is 16.5 Å². The van der Waals surface area contributed by atoms with Gasteiger partial charge in [0.05, 0.1) is 16.9 Å². The number of rotatable bonds is 6. The van der Waals surface area contributed by atoms with E-state index in [0.29, 0.717) is 12.1 Å². The van der Waals surface area contributed by atoms with Crippen molar-refractivity contribution in [1.29, 1.82) is 0 Å². The third kappa shape index (κ3) is 5.85. The first-order valence-electron chi connectivity index (χ1n) is 11.7. The van der Waals surface area contributed by atoms with Crippen molar-refractivity contribution in [2.75, 3.05) is 17.2 Å². The van der Waals surface area contributed by atoms with Crippen LogP contribution in [0.15, 0.2) is 65.6 Å². The van der Waals surface area contributed by atoms with E-state index >= 15 is 0 Å². The van der Waals surface area contributed by atoms with Crippen molar-refractivity contribution >= 4 is 27.4 Å². The maximum atomic E-state index is 13.3. The fourth-order valence-corrected chi connectivity index (χ4v) is 5.86. The number of ether oxygens (including phenoxy) is 1. The number of pyridine rings is 1. The summed E-state index contributed by atoms with van der Waals surface area (Å²) in [7, 11) is -4.30. The van der Waals surface area contributed by atoms with Gasteiger partial charge in [-0.05, 0) is 62.6 Å². The first-order chi connectivity index (χ1) is 17.7. The van der Waals surface area contributed by atoms with Crippen LogP contribution in [0.1, 0.15) is 37.6 Å². The number of hydrogen-bond acceptors (Lipinski definition) is 7. The fourth-order valence-electron chi connectivity index (χ4n) is 4.76. The van der Waals surface area contributed by atoms with E-state index in [2.05, 4.69) is 14.4 Å². The lowest BCUT2D eigenvalue weighted by Crippen LogP contribution is -2.41. The summed E-state index contributed by atoms with van der Waals surface area (Å²) < 4.78 is 70.2. The van der Waals surface area contributed by atoms with Crippen LogP contribution < -0.4 is 20.1 Å². The highest BCUT2D eigenvalue weighted by molar-refractivity contribution is 7.90. The molecule has 3 aromatic rings. The summed E-state index contributed by atoms with van der Waals surface area (Å²) in [5.41, 5.74) is 5.97. The van der Waals surface area contributed by atoms with Gasteiger partial charge >= 0.3 is 6.36 Å². The van der Waals surface area contributed by atoms with Gasteiger partial charge in [-0.25, -0.2) is 18.1 Å². The predicted octanol–water partition coefficient (Wildman–Crippen LogP) is 4.97. The van der Waals surface area contributed by atoms with E-state index in [1.54, 1.807) is 12.1 Å². The van der Waals surface area contributed by atoms with Gasteiger partial charge in [0.25, 0.3) is 15.9 Å². The average Bonchev–Trinajstić information content (AvgIpc) is 3.09. The van der Waals surface area contributed by atoms with E-state index in [-0.39, 0.29) is 33.6 Å². The van der Waals surface area contributed by atoms with Gasteiger partial charge < -0.3 is 15.4 Å². The molecule has 1 aliphatic heterocycles. The minimum atomic E-state index is -4.86. The number of halogens is 3. The Bertz CT molecular complexity index is 1480. The molecule has 2 aromatic carbocycles. The van der Waals surface area contributed by atoms with Crippen LogP contribution >= 0.6 is 0 Å². The van der Waals surface area contributed by atoms with Crippen molar-refractivity contribution in [3.8, 4) is 17.0 Å². The Morgan fingerprint density at radius 1 is 1.13 bits per heavy atom. The van der Waals surface area contributed by atoms with Crippen LogP contribution in [0.2, 0.25) is 0 Å². The summed E-state index contributed by atoms with van der Waals surface area (Å²) in [6, 6.07) is 13.9. The SMILES string of the molecule is C[C@@H]1CN(c2nc(-c3cccc(OC(F)(F)F)c3)ccc2C(=O)NS(=O)(=O)c2ccccc2N)C(C)(C)C1. The molecular weight excluding hydrogens is 521 g/mol. The number of hydrogen-bond donors (Lipinski definition) is 2. The number of nitrogen functional groups attached to an aromatic ring is 1. The zero-order valence-corrected chi connectivity index (χ0v) is 21.7. The average molecular weight is 549 g/mol. The van der Waals surface area contributed by atoms with E-state index < -0.39 is 33.6 Å². The number of aromatic nitrogens is 1. The molecule has 202 valence electrons. The topological polar surface area (TPSA) is 115 Å². The molecular formula is C26H27F3N4O4S. The minimum absolute atomic E-state index is 0.00306. The number of benzene rings is 2. The molecule has 0 saturated carbocycles. The summed E-state index contributed by atoms with van der Waals surface area (Å²) in [6.07, 6.45) is -4.07. The zero-order valence-electron chi connectivity index (χ0n) is 20.9. The predicted molar refractivity (Wildman–Crippen MR) is 137 cm³/mol. The Morgan fingerprint density at radius 3 is 2.47 bits per heavy atom. The molecule has 0 aliphatic carbocycles. The molecule has 1 fully saturated rings. The molecule has 0 unspecified atom stereocenters. The lowest BCUT2D eigenvalue weighted by molar-refractivity contribution is -0.274. The van der Waals surface area contributed by atoms with Crippen LogP contribution in [-0.2, 0) is 10.0 Å². The molecule has 0 radical (unpaired) electrons. The Kier molecular flexibility index (Phi) is 7.04. The highest BCUT2D eigenvalue weighted by Gasteiger charge is 2.39. The summed E-state index contributed by atoms with van der Waals surface area (Å²) >= 11 is 0. The summed E-state index contributed by atoms with van der Waals surface area (Å²) in [5.74, 6) is -0.857. The van der Waals surface area contributed by atoms with E-state index in [4.69, 9.17) is 5.73 Å². The van der Waals surface area contributed by atoms with Crippen LogP contribution in [0, 0.1) is 5.92 Å².